The fourth-order valence-corrected chi connectivity index (χ4v) is 1.41. The van der Waals surface area contributed by atoms with Crippen LogP contribution in [0.3, 0.4) is 0 Å². The van der Waals surface area contributed by atoms with Crippen LogP contribution in [0.15, 0.2) is 0 Å². The standard InChI is InChI=1S/C9H16N2O4/c1-6(8(13)14)10-9(15)11-4-2-7(12)3-5-11/h6-7,12H,2-5H2,1H3,(H,10,15)(H,13,14)/t6-/m0/s1. The highest BCUT2D eigenvalue weighted by Gasteiger charge is 2.23. The normalized spacial score (nSPS) is 19.7. The summed E-state index contributed by atoms with van der Waals surface area (Å²) in [7, 11) is 0. The van der Waals surface area contributed by atoms with E-state index < -0.39 is 12.0 Å². The molecule has 0 bridgehead atoms. The van der Waals surface area contributed by atoms with Crippen LogP contribution in [0.2, 0.25) is 0 Å². The number of nitrogens with one attached hydrogen (secondary N) is 1. The summed E-state index contributed by atoms with van der Waals surface area (Å²) < 4.78 is 0. The summed E-state index contributed by atoms with van der Waals surface area (Å²) >= 11 is 0. The van der Waals surface area contributed by atoms with Crippen LogP contribution in [-0.2, 0) is 4.79 Å². The molecule has 6 nitrogen and oxygen atoms in total. The Hall–Kier alpha value is -1.30. The zero-order valence-electron chi connectivity index (χ0n) is 8.64. The van der Waals surface area contributed by atoms with E-state index in [1.807, 2.05) is 0 Å². The Kier molecular flexibility index (Phi) is 3.90. The lowest BCUT2D eigenvalue weighted by Gasteiger charge is -2.30. The lowest BCUT2D eigenvalue weighted by Crippen LogP contribution is -2.49. The minimum Gasteiger partial charge on any atom is -0.480 e. The molecule has 1 rings (SSSR count). The molecule has 0 radical (unpaired) electrons. The van der Waals surface area contributed by atoms with Gasteiger partial charge in [-0.1, -0.05) is 0 Å². The Morgan fingerprint density at radius 1 is 1.40 bits per heavy atom. The minimum absolute atomic E-state index is 0.342. The van der Waals surface area contributed by atoms with Gasteiger partial charge in [-0.25, -0.2) is 4.79 Å². The fraction of sp³-hybridized carbons (Fsp3) is 0.778. The third-order valence-corrected chi connectivity index (χ3v) is 2.46. The first-order chi connectivity index (χ1) is 7.00. The second kappa shape index (κ2) is 4.97. The summed E-state index contributed by atoms with van der Waals surface area (Å²) in [5.74, 6) is -1.06. The first kappa shape index (κ1) is 11.8. The number of nitrogens with zero attached hydrogens (tertiary/aromatic N) is 1. The molecule has 0 aliphatic carbocycles. The fourth-order valence-electron chi connectivity index (χ4n) is 1.41. The van der Waals surface area contributed by atoms with Gasteiger partial charge in [0.25, 0.3) is 0 Å². The molecular weight excluding hydrogens is 200 g/mol. The van der Waals surface area contributed by atoms with Crippen molar-refractivity contribution in [2.75, 3.05) is 13.1 Å². The van der Waals surface area contributed by atoms with E-state index in [0.717, 1.165) is 0 Å². The molecule has 1 aliphatic rings. The van der Waals surface area contributed by atoms with Gasteiger partial charge < -0.3 is 20.4 Å². The molecule has 0 unspecified atom stereocenters. The average molecular weight is 216 g/mol. The highest BCUT2D eigenvalue weighted by Crippen LogP contribution is 2.09. The smallest absolute Gasteiger partial charge is 0.325 e. The average Bonchev–Trinajstić information content (AvgIpc) is 2.18. The van der Waals surface area contributed by atoms with Crippen LogP contribution in [0.5, 0.6) is 0 Å². The number of hydrogen-bond acceptors (Lipinski definition) is 3. The first-order valence-corrected chi connectivity index (χ1v) is 4.97. The number of carbonyl (C=O) groups is 2. The molecule has 15 heavy (non-hydrogen) atoms. The summed E-state index contributed by atoms with van der Waals surface area (Å²) in [4.78, 5) is 23.5. The molecule has 1 aliphatic heterocycles. The number of amides is 2. The molecule has 0 spiro atoms. The number of carbonyl (C=O) groups excluding carboxylic acids is 1. The van der Waals surface area contributed by atoms with E-state index in [2.05, 4.69) is 5.32 Å². The van der Waals surface area contributed by atoms with Crippen LogP contribution in [0.4, 0.5) is 4.79 Å². The van der Waals surface area contributed by atoms with E-state index in [1.165, 1.54) is 11.8 Å². The zero-order valence-corrected chi connectivity index (χ0v) is 8.64. The second-order valence-electron chi connectivity index (χ2n) is 3.73. The van der Waals surface area contributed by atoms with Crippen molar-refractivity contribution in [3.05, 3.63) is 0 Å². The van der Waals surface area contributed by atoms with Crippen molar-refractivity contribution in [2.45, 2.75) is 31.9 Å². The molecule has 0 aromatic rings. The number of aliphatic hydroxyl groups excluding tert-OH is 1. The lowest BCUT2D eigenvalue weighted by atomic mass is 10.1. The predicted molar refractivity (Wildman–Crippen MR) is 52.4 cm³/mol. The van der Waals surface area contributed by atoms with E-state index in [-0.39, 0.29) is 12.1 Å². The molecular formula is C9H16N2O4. The Balaban J connectivity index is 2.37. The molecule has 0 aromatic carbocycles. The van der Waals surface area contributed by atoms with Crippen LogP contribution in [0.25, 0.3) is 0 Å². The van der Waals surface area contributed by atoms with Crippen molar-refractivity contribution in [3.8, 4) is 0 Å². The summed E-state index contributed by atoms with van der Waals surface area (Å²) in [6.07, 6.45) is 0.759. The van der Waals surface area contributed by atoms with Crippen LogP contribution in [0, 0.1) is 0 Å². The maximum atomic E-state index is 11.5. The van der Waals surface area contributed by atoms with Crippen LogP contribution < -0.4 is 5.32 Å². The third-order valence-electron chi connectivity index (χ3n) is 2.46. The van der Waals surface area contributed by atoms with Crippen LogP contribution in [0.1, 0.15) is 19.8 Å². The SMILES string of the molecule is C[C@H](NC(=O)N1CCC(O)CC1)C(=O)O. The van der Waals surface area contributed by atoms with Gasteiger partial charge in [-0.3, -0.25) is 4.79 Å². The minimum atomic E-state index is -1.06. The number of piperidine rings is 1. The maximum Gasteiger partial charge on any atom is 0.325 e. The summed E-state index contributed by atoms with van der Waals surface area (Å²) in [5, 5.41) is 20.2. The molecule has 2 amide bonds. The third kappa shape index (κ3) is 3.39. The number of aliphatic hydroxyl groups is 1. The van der Waals surface area contributed by atoms with Gasteiger partial charge in [-0.05, 0) is 19.8 Å². The van der Waals surface area contributed by atoms with Gasteiger partial charge in [-0.15, -0.1) is 0 Å². The highest BCUT2D eigenvalue weighted by atomic mass is 16.4. The van der Waals surface area contributed by atoms with E-state index in [1.54, 1.807) is 0 Å². The van der Waals surface area contributed by atoms with E-state index in [0.29, 0.717) is 25.9 Å². The molecule has 1 heterocycles. The van der Waals surface area contributed by atoms with E-state index >= 15 is 0 Å². The maximum absolute atomic E-state index is 11.5. The van der Waals surface area contributed by atoms with Gasteiger partial charge in [0, 0.05) is 13.1 Å². The zero-order chi connectivity index (χ0) is 11.4. The Labute approximate surface area is 87.9 Å². The molecule has 0 saturated carbocycles. The van der Waals surface area contributed by atoms with Crippen LogP contribution >= 0.6 is 0 Å². The van der Waals surface area contributed by atoms with Crippen molar-refractivity contribution in [1.82, 2.24) is 10.2 Å². The van der Waals surface area contributed by atoms with Crippen LogP contribution in [-0.4, -0.2) is 52.3 Å². The van der Waals surface area contributed by atoms with Gasteiger partial charge in [0.15, 0.2) is 0 Å². The van der Waals surface area contributed by atoms with Crippen molar-refractivity contribution in [1.29, 1.82) is 0 Å². The number of likely N-dealkylation sites (tertiary alicyclic amines) is 1. The van der Waals surface area contributed by atoms with Gasteiger partial charge in [0.1, 0.15) is 6.04 Å². The van der Waals surface area contributed by atoms with Gasteiger partial charge in [0.05, 0.1) is 6.10 Å². The Morgan fingerprint density at radius 2 is 1.93 bits per heavy atom. The van der Waals surface area contributed by atoms with E-state index in [9.17, 15) is 14.7 Å². The second-order valence-corrected chi connectivity index (χ2v) is 3.73. The van der Waals surface area contributed by atoms with Crippen molar-refractivity contribution in [2.24, 2.45) is 0 Å². The van der Waals surface area contributed by atoms with Crippen molar-refractivity contribution in [3.63, 3.8) is 0 Å². The van der Waals surface area contributed by atoms with Crippen molar-refractivity contribution < 1.29 is 19.8 Å². The first-order valence-electron chi connectivity index (χ1n) is 4.97. The Morgan fingerprint density at radius 3 is 2.40 bits per heavy atom. The number of aliphatic carboxylic acids is 1. The quantitative estimate of drug-likeness (QED) is 0.587. The largest absolute Gasteiger partial charge is 0.480 e. The van der Waals surface area contributed by atoms with Gasteiger partial charge >= 0.3 is 12.0 Å². The number of carboxylic acids is 1. The number of carboxylic acid groups (broad SMARTS) is 1. The van der Waals surface area contributed by atoms with Gasteiger partial charge in [0.2, 0.25) is 0 Å². The lowest BCUT2D eigenvalue weighted by molar-refractivity contribution is -0.138. The molecule has 1 fully saturated rings. The number of hydrogen-bond donors (Lipinski definition) is 3. The van der Waals surface area contributed by atoms with E-state index in [4.69, 9.17) is 5.11 Å². The monoisotopic (exact) mass is 216 g/mol. The summed E-state index contributed by atoms with van der Waals surface area (Å²) in [6, 6.07) is -1.26. The predicted octanol–water partition coefficient (Wildman–Crippen LogP) is -0.374. The molecule has 0 aromatic heterocycles. The molecule has 6 heteroatoms. The topological polar surface area (TPSA) is 89.9 Å². The van der Waals surface area contributed by atoms with Gasteiger partial charge in [-0.2, -0.15) is 0 Å². The molecule has 3 N–H and O–H groups in total. The molecule has 86 valence electrons. The number of rotatable bonds is 2. The number of urea groups is 1. The summed E-state index contributed by atoms with van der Waals surface area (Å²) in [6.45, 7) is 2.36. The Bertz CT molecular complexity index is 248. The highest BCUT2D eigenvalue weighted by molar-refractivity contribution is 5.82. The summed E-state index contributed by atoms with van der Waals surface area (Å²) in [5.41, 5.74) is 0. The molecule has 1 atom stereocenters. The molecule has 1 saturated heterocycles. The van der Waals surface area contributed by atoms with Crippen molar-refractivity contribution >= 4 is 12.0 Å².